The summed E-state index contributed by atoms with van der Waals surface area (Å²) in [6, 6.07) is -39.9. The van der Waals surface area contributed by atoms with E-state index in [4.69, 9.17) is 92.2 Å². The first kappa shape index (κ1) is 35.1. The second kappa shape index (κ2) is 33.3. The van der Waals surface area contributed by atoms with Crippen LogP contribution in [0.4, 0.5) is 0 Å². The summed E-state index contributed by atoms with van der Waals surface area (Å²) >= 11 is 4.71. The lowest BCUT2D eigenvalue weighted by molar-refractivity contribution is -0.238. The van der Waals surface area contributed by atoms with Crippen molar-refractivity contribution in [2.75, 3.05) is 0 Å². The number of thioether (sulfide) groups is 2. The van der Waals surface area contributed by atoms with Crippen LogP contribution >= 0.6 is 39.5 Å². The van der Waals surface area contributed by atoms with E-state index >= 15 is 0 Å². The van der Waals surface area contributed by atoms with E-state index in [1.54, 1.807) is 33.9 Å². The molecule has 574 valence electrons. The van der Waals surface area contributed by atoms with Gasteiger partial charge in [0.15, 0.2) is 37.4 Å². The van der Waals surface area contributed by atoms with Crippen molar-refractivity contribution in [2.24, 2.45) is 0 Å². The molecule has 0 N–H and O–H groups in total. The van der Waals surface area contributed by atoms with Gasteiger partial charge < -0.3 is 56.5 Å². The lowest BCUT2D eigenvalue weighted by Gasteiger charge is -2.54. The second-order valence-corrected chi connectivity index (χ2v) is 33.8. The average molecular weight is 1690 g/mol. The summed E-state index contributed by atoms with van der Waals surface area (Å²) in [5, 5.41) is -3.19. The maximum absolute atomic E-state index is 10.7. The third kappa shape index (κ3) is 16.0. The monoisotopic (exact) mass is 1680 g/mol. The molecule has 13 aromatic rings. The van der Waals surface area contributed by atoms with Gasteiger partial charge >= 0.3 is 5.79 Å². The molecule has 0 amide bonds. The first-order chi connectivity index (χ1) is 78.2. The lowest BCUT2D eigenvalue weighted by atomic mass is 9.73. The minimum absolute atomic E-state index is 0.00481. The molecule has 16 heteroatoms. The number of benzene rings is 13. The summed E-state index contributed by atoms with van der Waals surface area (Å²) < 4.78 is 602. The maximum Gasteiger partial charge on any atom is 0.305 e. The summed E-state index contributed by atoms with van der Waals surface area (Å²) in [4.78, 5) is -2.94. The molecule has 4 aliphatic rings. The molecule has 4 heterocycles. The van der Waals surface area contributed by atoms with Crippen molar-refractivity contribution in [2.45, 2.75) is 135 Å². The van der Waals surface area contributed by atoms with Gasteiger partial charge in [-0.05, 0) is 121 Å². The molecule has 0 fully saturated rings. The van der Waals surface area contributed by atoms with Gasteiger partial charge in [-0.15, -0.1) is 11.8 Å². The van der Waals surface area contributed by atoms with E-state index in [2.05, 4.69) is 15.9 Å². The highest BCUT2D eigenvalue weighted by Gasteiger charge is 2.65. The Kier molecular flexibility index (Phi) is 10.3. The van der Waals surface area contributed by atoms with Crippen molar-refractivity contribution in [3.05, 3.63) is 391 Å². The van der Waals surface area contributed by atoms with Gasteiger partial charge in [-0.2, -0.15) is 0 Å². The fourth-order valence-corrected chi connectivity index (χ4v) is 16.8. The van der Waals surface area contributed by atoms with Crippen LogP contribution in [0.5, 0.6) is 57.5 Å². The highest BCUT2D eigenvalue weighted by atomic mass is 79.9. The molecule has 4 aliphatic heterocycles. The van der Waals surface area contributed by atoms with E-state index in [9.17, 15) is 41.1 Å². The number of rotatable bonds is 28. The highest BCUT2D eigenvalue weighted by Crippen LogP contribution is 2.71. The van der Waals surface area contributed by atoms with Crippen LogP contribution in [-0.4, -0.2) is 20.5 Å². The molecule has 114 heavy (non-hydrogen) atoms. The van der Waals surface area contributed by atoms with E-state index in [1.807, 2.05) is 0 Å². The molecule has 17 rings (SSSR count). The summed E-state index contributed by atoms with van der Waals surface area (Å²) in [5.74, 6) is -19.6. The molecule has 4 bridgehead atoms. The van der Waals surface area contributed by atoms with Gasteiger partial charge in [0.1, 0.15) is 91.0 Å². The molecule has 0 aromatic heterocycles. The molecule has 0 saturated heterocycles. The number of ether oxygens (including phenoxy) is 11. The van der Waals surface area contributed by atoms with Crippen LogP contribution in [0.1, 0.15) is 181 Å². The molecular formula is C98H87BrO12S2Si. The molecule has 12 nitrogen and oxygen atoms in total. The molecule has 6 atom stereocenters. The summed E-state index contributed by atoms with van der Waals surface area (Å²) in [6.07, 6.45) is -5.40. The average Bonchev–Trinajstić information content (AvgIpc) is 0.997. The number of halogens is 1. The van der Waals surface area contributed by atoms with Gasteiger partial charge in [0.25, 0.3) is 0 Å². The van der Waals surface area contributed by atoms with Crippen LogP contribution in [0.15, 0.2) is 329 Å². The molecule has 0 spiro atoms. The van der Waals surface area contributed by atoms with E-state index in [0.29, 0.717) is 53.9 Å². The summed E-state index contributed by atoms with van der Waals surface area (Å²) in [7, 11) is -4.03. The standard InChI is InChI=1S/C98H87BrO12S2Si/c1-96(2,3)114(4,5)111-95-93-88-81(105-63-71-42-24-11-25-43-71)56-82-87(91(88)110-98(95,113-85-49-31-30-48-84(85)112-93)75-51-53-77(101-59-67-34-16-7-17-35-67)79(55-75)103-61-69-38-20-9-21-39-69)89-86-80(104-62-70-40-22-10-23-41-70)57-83(106-64-72-44-26-12-27-45-72)90(99)92(86)109-97(108-82,94(89)107-65-73-46-28-13-29-47-73)74-50-52-76(100-58-66-32-14-6-15-33-66)78(54-74)102-60-68-36-18-8-19-37-68/h6-57,89,93-95H,58-65H2,1-5H3/t89-,93+,94-,95-,97-,98+/m1/s1/i6D,7D,8D,9D,10D,11D,12D,13D,14D,15D,16D,17D,18D,19D,20D,21D,22D,23D,24D,25D,26D,27D,28D,29D,32D,33D,34D,35D,36D,37D,38D,39D,40D,41D,42D,43D,44D,45D,46D,47D,58D2,59D2,60D2,61D2,62D2,63D2,64D2,65D2. The summed E-state index contributed by atoms with van der Waals surface area (Å²) in [5.41, 5.74) is -15.8. The SMILES string of the molecule is [2H]c1c([2H])c([2H])c(C([2H])([2H])Oc2ccc([C@@]34Oc5cc(OC([2H])([2H])c6c([2H])c([2H])c([2H])c([2H])c6[2H])c6c(c5[C@@H](c5c(OC([2H])([2H])c7c([2H])c([2H])c([2H])c([2H])c7[2H])cc(OC([2H])([2H])c7c([2H])c([2H])c([2H])c([2H])c7[2H])c(Br)c5O3)[C@H]4OC([2H])([2H])c3c([2H])c([2H])c([2H])c([2H])c3[2H])O[C@@]3(c4ccc(OC([2H])([2H])c5c([2H])c([2H])c([2H])c([2H])c5[2H])c(OC([2H])([2H])c5c([2H])c([2H])c([2H])c([2H])c5[2H])c4)Sc4ccccc4S[C@@H]6[C@H]3O[Si](C)(C)C(C)(C)C)cc2OC([2H])([2H])c2c([2H])c([2H])c([2H])c([2H])c2[2H])c([2H])c1[2H]. The van der Waals surface area contributed by atoms with Crippen LogP contribution in [0.2, 0.25) is 18.1 Å². The fourth-order valence-electron chi connectivity index (χ4n) is 11.8. The number of fused-ring (bicyclic) bond motifs is 12. The van der Waals surface area contributed by atoms with Crippen LogP contribution < -0.4 is 47.4 Å². The minimum Gasteiger partial charge on any atom is -0.488 e. The Bertz CT molecular complexity index is 8660. The van der Waals surface area contributed by atoms with Crippen molar-refractivity contribution in [3.8, 4) is 57.5 Å². The molecule has 0 unspecified atom stereocenters. The quantitative estimate of drug-likeness (QED) is 0.0434. The Labute approximate surface area is 763 Å². The smallest absolute Gasteiger partial charge is 0.305 e. The van der Waals surface area contributed by atoms with Gasteiger partial charge in [0.2, 0.25) is 4.93 Å². The van der Waals surface area contributed by atoms with E-state index < -0.39 is 476 Å². The Hall–Kier alpha value is -10.8. The Morgan fingerprint density at radius 2 is 0.781 bits per heavy atom. The Morgan fingerprint density at radius 3 is 1.23 bits per heavy atom. The Morgan fingerprint density at radius 1 is 0.395 bits per heavy atom. The third-order valence-corrected chi connectivity index (χ3v) is 26.0. The predicted molar refractivity (Wildman–Crippen MR) is 454 cm³/mol. The topological polar surface area (TPSA) is 111 Å². The van der Waals surface area contributed by atoms with Crippen molar-refractivity contribution in [1.29, 1.82) is 0 Å². The van der Waals surface area contributed by atoms with Crippen molar-refractivity contribution in [3.63, 3.8) is 0 Å². The fraction of sp³-hybridized carbons (Fsp3) is 0.204. The van der Waals surface area contributed by atoms with Crippen LogP contribution in [0, 0.1) is 0 Å². The molecule has 0 radical (unpaired) electrons. The van der Waals surface area contributed by atoms with Gasteiger partial charge in [-0.1, -0.05) is 292 Å². The van der Waals surface area contributed by atoms with Crippen LogP contribution in [0.25, 0.3) is 0 Å². The normalized spacial score (nSPS) is 26.3. The second-order valence-electron chi connectivity index (χ2n) is 25.9. The number of hydrogen-bond acceptors (Lipinski definition) is 14. The summed E-state index contributed by atoms with van der Waals surface area (Å²) in [6.45, 7) is -23.9. The van der Waals surface area contributed by atoms with Gasteiger partial charge in [0.05, 0.1) is 100 Å². The first-order valence-electron chi connectivity index (χ1n) is 61.8. The van der Waals surface area contributed by atoms with Gasteiger partial charge in [-0.25, -0.2) is 0 Å². The van der Waals surface area contributed by atoms with Crippen molar-refractivity contribution in [1.82, 2.24) is 0 Å². The molecule has 13 aromatic carbocycles. The zero-order valence-corrected chi connectivity index (χ0v) is 63.6. The molecule has 0 aliphatic carbocycles. The van der Waals surface area contributed by atoms with Crippen molar-refractivity contribution < 1.29 is 133 Å². The third-order valence-electron chi connectivity index (χ3n) is 17.9. The van der Waals surface area contributed by atoms with E-state index in [1.165, 1.54) is 24.3 Å². The van der Waals surface area contributed by atoms with Crippen LogP contribution in [0.3, 0.4) is 0 Å². The van der Waals surface area contributed by atoms with Gasteiger partial charge in [-0.3, -0.25) is 0 Å². The highest BCUT2D eigenvalue weighted by molar-refractivity contribution is 9.10. The molecular weight excluding hydrogens is 1540 g/mol. The largest absolute Gasteiger partial charge is 0.488 e. The number of hydrogen-bond donors (Lipinski definition) is 0. The minimum atomic E-state index is -4.35. The van der Waals surface area contributed by atoms with Crippen molar-refractivity contribution >= 4 is 47.8 Å². The van der Waals surface area contributed by atoms with Gasteiger partial charge in [0, 0.05) is 44.2 Å². The first-order valence-corrected chi connectivity index (χ1v) is 39.2. The predicted octanol–water partition coefficient (Wildman–Crippen LogP) is 24.4. The zero-order valence-electron chi connectivity index (χ0n) is 115. The van der Waals surface area contributed by atoms with E-state index in [-0.39, 0.29) is 9.79 Å². The molecule has 0 saturated carbocycles. The van der Waals surface area contributed by atoms with Crippen LogP contribution in [-0.2, 0) is 72.4 Å². The Balaban J connectivity index is 1.12. The maximum atomic E-state index is 10.7. The van der Waals surface area contributed by atoms with E-state index in [0.717, 1.165) is 18.2 Å². The lowest BCUT2D eigenvalue weighted by Crippen LogP contribution is -2.59. The zero-order chi connectivity index (χ0) is 127.